The van der Waals surface area contributed by atoms with Gasteiger partial charge in [0.05, 0.1) is 12.6 Å². The van der Waals surface area contributed by atoms with E-state index >= 15 is 0 Å². The lowest BCUT2D eigenvalue weighted by Gasteiger charge is -2.21. The van der Waals surface area contributed by atoms with Crippen molar-refractivity contribution in [3.63, 3.8) is 0 Å². The number of aromatic nitrogens is 2. The number of nitrogens with zero attached hydrogens (tertiary/aromatic N) is 2. The first-order valence-corrected chi connectivity index (χ1v) is 6.33. The van der Waals surface area contributed by atoms with E-state index in [-0.39, 0.29) is 11.5 Å². The van der Waals surface area contributed by atoms with Crippen molar-refractivity contribution in [1.82, 2.24) is 9.36 Å². The van der Waals surface area contributed by atoms with E-state index in [1.54, 1.807) is 0 Å². The normalized spacial score (nSPS) is 21.1. The van der Waals surface area contributed by atoms with Crippen molar-refractivity contribution in [3.8, 4) is 0 Å². The molecular weight excluding hydrogens is 214 g/mol. The Morgan fingerprint density at radius 3 is 2.65 bits per heavy atom. The Morgan fingerprint density at radius 2 is 2.18 bits per heavy atom. The van der Waals surface area contributed by atoms with Gasteiger partial charge in [0.2, 0.25) is 0 Å². The minimum atomic E-state index is 0.0757. The second kappa shape index (κ2) is 4.33. The number of hydrogen-bond acceptors (Lipinski definition) is 2. The Kier molecular flexibility index (Phi) is 3.17. The van der Waals surface area contributed by atoms with E-state index in [9.17, 15) is 0 Å². The average Bonchev–Trinajstić information content (AvgIpc) is 2.80. The molecule has 0 saturated carbocycles. The smallest absolute Gasteiger partial charge is 0.141 e. The van der Waals surface area contributed by atoms with Gasteiger partial charge in [0.25, 0.3) is 0 Å². The Bertz CT molecular complexity index is 444. The van der Waals surface area contributed by atoms with Gasteiger partial charge in [-0.05, 0) is 12.8 Å². The summed E-state index contributed by atoms with van der Waals surface area (Å²) >= 11 is 0. The van der Waals surface area contributed by atoms with Gasteiger partial charge in [0.15, 0.2) is 0 Å². The first kappa shape index (κ1) is 12.4. The van der Waals surface area contributed by atoms with Crippen LogP contribution in [0.5, 0.6) is 0 Å². The molecule has 0 spiro atoms. The van der Waals surface area contributed by atoms with Crippen molar-refractivity contribution in [2.24, 2.45) is 7.05 Å². The van der Waals surface area contributed by atoms with Gasteiger partial charge in [0, 0.05) is 30.8 Å². The monoisotopic (exact) mass is 237 g/mol. The van der Waals surface area contributed by atoms with Gasteiger partial charge in [0.1, 0.15) is 5.49 Å². The van der Waals surface area contributed by atoms with Crippen LogP contribution in [0.3, 0.4) is 0 Å². The first-order valence-electron chi connectivity index (χ1n) is 6.33. The SMILES string of the molecule is Cn1c(C(C)(C)C)cc(=N)n1C[C@H]1CCCO1. The van der Waals surface area contributed by atoms with Crippen LogP contribution in [0.25, 0.3) is 0 Å². The lowest BCUT2D eigenvalue weighted by molar-refractivity contribution is 0.0892. The fraction of sp³-hybridized carbons (Fsp3) is 0.769. The van der Waals surface area contributed by atoms with Crippen LogP contribution in [0.4, 0.5) is 0 Å². The standard InChI is InChI=1S/C13H23N3O/c1-13(2,3)11-8-12(14)16(15(11)4)9-10-6-5-7-17-10/h8,10,14H,5-7,9H2,1-4H3/t10-/m1/s1. The number of rotatable bonds is 2. The highest BCUT2D eigenvalue weighted by atomic mass is 16.5. The zero-order valence-corrected chi connectivity index (χ0v) is 11.3. The summed E-state index contributed by atoms with van der Waals surface area (Å²) in [6.45, 7) is 8.20. The van der Waals surface area contributed by atoms with Gasteiger partial charge in [-0.1, -0.05) is 20.8 Å². The minimum Gasteiger partial charge on any atom is -0.376 e. The topological polar surface area (TPSA) is 42.9 Å². The van der Waals surface area contributed by atoms with Crippen molar-refractivity contribution in [1.29, 1.82) is 5.41 Å². The van der Waals surface area contributed by atoms with Crippen LogP contribution in [-0.4, -0.2) is 22.1 Å². The van der Waals surface area contributed by atoms with Gasteiger partial charge < -0.3 is 4.74 Å². The van der Waals surface area contributed by atoms with E-state index in [0.717, 1.165) is 26.0 Å². The molecule has 1 aliphatic rings. The Balaban J connectivity index is 2.28. The van der Waals surface area contributed by atoms with Gasteiger partial charge in [-0.2, -0.15) is 0 Å². The van der Waals surface area contributed by atoms with E-state index in [1.807, 2.05) is 17.8 Å². The third-order valence-electron chi connectivity index (χ3n) is 3.43. The maximum atomic E-state index is 8.06. The Morgan fingerprint density at radius 1 is 1.47 bits per heavy atom. The fourth-order valence-electron chi connectivity index (χ4n) is 2.49. The summed E-state index contributed by atoms with van der Waals surface area (Å²) in [4.78, 5) is 0. The molecule has 1 fully saturated rings. The second-order valence-electron chi connectivity index (χ2n) is 5.91. The predicted molar refractivity (Wildman–Crippen MR) is 66.9 cm³/mol. The molecule has 0 unspecified atom stereocenters. The summed E-state index contributed by atoms with van der Waals surface area (Å²) in [5.41, 5.74) is 1.85. The molecule has 1 saturated heterocycles. The molecule has 0 aromatic carbocycles. The van der Waals surface area contributed by atoms with Gasteiger partial charge >= 0.3 is 0 Å². The largest absolute Gasteiger partial charge is 0.376 e. The molecule has 96 valence electrons. The molecule has 1 N–H and O–H groups in total. The summed E-state index contributed by atoms with van der Waals surface area (Å²) in [5.74, 6) is 0. The maximum absolute atomic E-state index is 8.06. The molecule has 2 rings (SSSR count). The molecule has 1 aromatic rings. The van der Waals surface area contributed by atoms with Gasteiger partial charge in [-0.15, -0.1) is 0 Å². The molecule has 4 heteroatoms. The predicted octanol–water partition coefficient (Wildman–Crippen LogP) is 1.78. The molecule has 0 bridgehead atoms. The van der Waals surface area contributed by atoms with Crippen LogP contribution in [0.2, 0.25) is 0 Å². The van der Waals surface area contributed by atoms with Crippen LogP contribution in [0.1, 0.15) is 39.3 Å². The zero-order chi connectivity index (χ0) is 12.6. The third kappa shape index (κ3) is 2.46. The van der Waals surface area contributed by atoms with Gasteiger partial charge in [-0.25, -0.2) is 0 Å². The quantitative estimate of drug-likeness (QED) is 0.837. The van der Waals surface area contributed by atoms with Gasteiger partial charge in [-0.3, -0.25) is 14.8 Å². The first-order chi connectivity index (χ1) is 7.89. The summed E-state index contributed by atoms with van der Waals surface area (Å²) in [5, 5.41) is 8.06. The highest BCUT2D eigenvalue weighted by Gasteiger charge is 2.22. The number of nitrogens with one attached hydrogen (secondary N) is 1. The van der Waals surface area contributed by atoms with Crippen LogP contribution in [0.15, 0.2) is 6.07 Å². The molecular formula is C13H23N3O. The molecule has 0 amide bonds. The van der Waals surface area contributed by atoms with E-state index in [4.69, 9.17) is 10.1 Å². The van der Waals surface area contributed by atoms with E-state index < -0.39 is 0 Å². The minimum absolute atomic E-state index is 0.0757. The van der Waals surface area contributed by atoms with Crippen LogP contribution >= 0.6 is 0 Å². The van der Waals surface area contributed by atoms with Crippen LogP contribution < -0.4 is 5.49 Å². The van der Waals surface area contributed by atoms with Crippen molar-refractivity contribution in [3.05, 3.63) is 17.2 Å². The highest BCUT2D eigenvalue weighted by molar-refractivity contribution is 5.11. The van der Waals surface area contributed by atoms with Crippen molar-refractivity contribution >= 4 is 0 Å². The molecule has 17 heavy (non-hydrogen) atoms. The summed E-state index contributed by atoms with van der Waals surface area (Å²) in [6.07, 6.45) is 2.54. The summed E-state index contributed by atoms with van der Waals surface area (Å²) < 4.78 is 9.76. The van der Waals surface area contributed by atoms with E-state index in [1.165, 1.54) is 5.69 Å². The van der Waals surface area contributed by atoms with Crippen molar-refractivity contribution in [2.75, 3.05) is 6.61 Å². The third-order valence-corrected chi connectivity index (χ3v) is 3.43. The molecule has 0 aliphatic carbocycles. The maximum Gasteiger partial charge on any atom is 0.141 e. The van der Waals surface area contributed by atoms with Crippen molar-refractivity contribution in [2.45, 2.75) is 51.7 Å². The fourth-order valence-corrected chi connectivity index (χ4v) is 2.49. The van der Waals surface area contributed by atoms with E-state index in [2.05, 4.69) is 25.5 Å². The number of ether oxygens (including phenoxy) is 1. The van der Waals surface area contributed by atoms with Crippen LogP contribution in [-0.2, 0) is 23.7 Å². The molecule has 1 aromatic heterocycles. The lowest BCUT2D eigenvalue weighted by Crippen LogP contribution is -2.29. The second-order valence-corrected chi connectivity index (χ2v) is 5.91. The van der Waals surface area contributed by atoms with Crippen LogP contribution in [0, 0.1) is 5.41 Å². The Labute approximate surface area is 103 Å². The highest BCUT2D eigenvalue weighted by Crippen LogP contribution is 2.21. The molecule has 1 atom stereocenters. The lowest BCUT2D eigenvalue weighted by atomic mass is 9.92. The summed E-state index contributed by atoms with van der Waals surface area (Å²) in [6, 6.07) is 1.97. The summed E-state index contributed by atoms with van der Waals surface area (Å²) in [7, 11) is 2.04. The molecule has 2 heterocycles. The molecule has 4 nitrogen and oxygen atoms in total. The zero-order valence-electron chi connectivity index (χ0n) is 11.3. The number of hydrogen-bond donors (Lipinski definition) is 1. The average molecular weight is 237 g/mol. The Hall–Kier alpha value is -1.03. The van der Waals surface area contributed by atoms with E-state index in [0.29, 0.717) is 5.49 Å². The molecule has 0 radical (unpaired) electrons. The van der Waals surface area contributed by atoms with Crippen molar-refractivity contribution < 1.29 is 4.74 Å². The molecule has 1 aliphatic heterocycles.